The van der Waals surface area contributed by atoms with Gasteiger partial charge < -0.3 is 0 Å². The molecule has 5 aliphatic carbocycles. The third-order valence-electron chi connectivity index (χ3n) is 7.18. The monoisotopic (exact) mass is 309 g/mol. The Morgan fingerprint density at radius 3 is 2.59 bits per heavy atom. The third-order valence-corrected chi connectivity index (χ3v) is 10.6. The summed E-state index contributed by atoms with van der Waals surface area (Å²) in [6.07, 6.45) is 18.2. The van der Waals surface area contributed by atoms with Crippen LogP contribution in [0.2, 0.25) is 19.1 Å². The Morgan fingerprint density at radius 2 is 1.86 bits per heavy atom. The van der Waals surface area contributed by atoms with Gasteiger partial charge in [0.25, 0.3) is 0 Å². The lowest BCUT2D eigenvalue weighted by atomic mass is 9.46. The maximum Gasteiger partial charge on any atom is 0.0558 e. The van der Waals surface area contributed by atoms with E-state index in [4.69, 9.17) is 0 Å². The Bertz CT molecular complexity index is 496. The van der Waals surface area contributed by atoms with Gasteiger partial charge in [-0.1, -0.05) is 63.7 Å². The molecule has 117 valence electrons. The van der Waals surface area contributed by atoms with Gasteiger partial charge in [-0.2, -0.15) is 0 Å². The van der Waals surface area contributed by atoms with Gasteiger partial charge in [0.15, 0.2) is 0 Å². The molecule has 0 nitrogen and oxygen atoms in total. The lowest BCUT2D eigenvalue weighted by Gasteiger charge is -2.61. The number of hydrogen-bond donors (Lipinski definition) is 0. The Balaban J connectivity index is 1.48. The van der Waals surface area contributed by atoms with Crippen molar-refractivity contribution in [3.05, 3.63) is 54.5 Å². The van der Waals surface area contributed by atoms with E-state index in [1.165, 1.54) is 37.1 Å². The van der Waals surface area contributed by atoms with Crippen molar-refractivity contribution >= 4 is 8.07 Å². The van der Waals surface area contributed by atoms with Crippen LogP contribution in [0.1, 0.15) is 33.1 Å². The molecular formula is C21H29Si. The maximum atomic E-state index is 2.60. The largest absolute Gasteiger partial charge is 0.0762 e. The van der Waals surface area contributed by atoms with Crippen molar-refractivity contribution in [1.29, 1.82) is 0 Å². The average molecular weight is 310 g/mol. The fourth-order valence-electron chi connectivity index (χ4n) is 5.71. The van der Waals surface area contributed by atoms with Crippen molar-refractivity contribution in [1.82, 2.24) is 0 Å². The highest BCUT2D eigenvalue weighted by atomic mass is 28.3. The van der Waals surface area contributed by atoms with Crippen molar-refractivity contribution in [2.24, 2.45) is 23.2 Å². The van der Waals surface area contributed by atoms with Gasteiger partial charge in [-0.05, 0) is 54.4 Å². The summed E-state index contributed by atoms with van der Waals surface area (Å²) in [5.74, 6) is 5.97. The summed E-state index contributed by atoms with van der Waals surface area (Å²) < 4.78 is 0. The predicted molar refractivity (Wildman–Crippen MR) is 97.0 cm³/mol. The molecule has 0 aromatic heterocycles. The zero-order chi connectivity index (χ0) is 15.5. The molecule has 22 heavy (non-hydrogen) atoms. The van der Waals surface area contributed by atoms with E-state index in [2.05, 4.69) is 64.1 Å². The second kappa shape index (κ2) is 5.10. The van der Waals surface area contributed by atoms with E-state index in [0.29, 0.717) is 5.41 Å². The molecule has 0 aromatic carbocycles. The summed E-state index contributed by atoms with van der Waals surface area (Å²) in [7, 11) is -1.36. The van der Waals surface area contributed by atoms with Crippen LogP contribution in [-0.4, -0.2) is 8.07 Å². The van der Waals surface area contributed by atoms with Gasteiger partial charge >= 0.3 is 0 Å². The second-order valence-corrected chi connectivity index (χ2v) is 13.8. The molecule has 0 heterocycles. The van der Waals surface area contributed by atoms with Crippen molar-refractivity contribution in [2.45, 2.75) is 52.2 Å². The normalized spacial score (nSPS) is 38.1. The average Bonchev–Trinajstić information content (AvgIpc) is 2.91. The maximum absolute atomic E-state index is 2.60. The minimum Gasteiger partial charge on any atom is -0.0762 e. The predicted octanol–water partition coefficient (Wildman–Crippen LogP) is 5.58. The number of allylic oxidation sites excluding steroid dienone is 4. The van der Waals surface area contributed by atoms with Crippen LogP contribution in [0.15, 0.2) is 24.3 Å². The molecule has 0 amide bonds. The number of fused-ring (bicyclic) bond motifs is 3. The highest BCUT2D eigenvalue weighted by Gasteiger charge is 2.56. The molecule has 1 heteroatoms. The minimum atomic E-state index is -1.36. The van der Waals surface area contributed by atoms with Crippen LogP contribution in [0.3, 0.4) is 0 Å². The number of hydrogen-bond acceptors (Lipinski definition) is 0. The molecule has 5 radical (unpaired) electrons. The highest BCUT2D eigenvalue weighted by Crippen LogP contribution is 2.63. The SMILES string of the molecule is CC1(C)[C@H]2CC[C@H](C[Si](C)(C)[C]3[CH][CH][C]4C=CC=C[C]43)[C@@H]1C2. The number of rotatable bonds is 3. The van der Waals surface area contributed by atoms with Crippen LogP contribution in [0.4, 0.5) is 0 Å². The summed E-state index contributed by atoms with van der Waals surface area (Å²) in [6.45, 7) is 10.3. The Morgan fingerprint density at radius 1 is 1.09 bits per heavy atom. The van der Waals surface area contributed by atoms with Crippen molar-refractivity contribution < 1.29 is 0 Å². The Labute approximate surface area is 138 Å². The summed E-state index contributed by atoms with van der Waals surface area (Å²) in [5, 5.41) is 0. The zero-order valence-electron chi connectivity index (χ0n) is 14.5. The molecule has 5 rings (SSSR count). The van der Waals surface area contributed by atoms with Crippen molar-refractivity contribution in [3.63, 3.8) is 0 Å². The first-order valence-corrected chi connectivity index (χ1v) is 12.3. The van der Waals surface area contributed by atoms with E-state index < -0.39 is 8.07 Å². The molecule has 5 aliphatic rings. The molecule has 2 bridgehead atoms. The summed E-state index contributed by atoms with van der Waals surface area (Å²) in [4.78, 5) is 0. The van der Waals surface area contributed by atoms with E-state index in [1.807, 2.05) is 0 Å². The van der Waals surface area contributed by atoms with Crippen LogP contribution in [-0.2, 0) is 0 Å². The molecule has 0 aromatic rings. The van der Waals surface area contributed by atoms with E-state index in [-0.39, 0.29) is 0 Å². The first-order valence-electron chi connectivity index (χ1n) is 9.04. The fraction of sp³-hybridized carbons (Fsp3) is 0.571. The van der Waals surface area contributed by atoms with Crippen LogP contribution >= 0.6 is 0 Å². The van der Waals surface area contributed by atoms with Gasteiger partial charge in [0.2, 0.25) is 0 Å². The van der Waals surface area contributed by atoms with E-state index in [1.54, 1.807) is 5.54 Å². The molecule has 0 N–H and O–H groups in total. The van der Waals surface area contributed by atoms with Gasteiger partial charge in [0, 0.05) is 11.8 Å². The van der Waals surface area contributed by atoms with Crippen LogP contribution in [0, 0.1) is 53.4 Å². The van der Waals surface area contributed by atoms with Gasteiger partial charge in [0.05, 0.1) is 8.07 Å². The lowest BCUT2D eigenvalue weighted by molar-refractivity contribution is -0.0990. The van der Waals surface area contributed by atoms with Gasteiger partial charge in [-0.3, -0.25) is 0 Å². The molecule has 4 saturated carbocycles. The fourth-order valence-corrected chi connectivity index (χ4v) is 9.22. The second-order valence-electron chi connectivity index (χ2n) is 9.12. The van der Waals surface area contributed by atoms with Gasteiger partial charge in [-0.25, -0.2) is 0 Å². The summed E-state index contributed by atoms with van der Waals surface area (Å²) >= 11 is 0. The molecule has 4 fully saturated rings. The molecule has 0 unspecified atom stereocenters. The van der Waals surface area contributed by atoms with Gasteiger partial charge in [0.1, 0.15) is 0 Å². The molecule has 0 aliphatic heterocycles. The summed E-state index contributed by atoms with van der Waals surface area (Å²) in [6, 6.07) is 1.49. The molecular weight excluding hydrogens is 280 g/mol. The standard InChI is InChI=1S/C21H29Si/c1-21(2)17-11-9-16(19(21)13-17)14-22(3,4)20-12-10-15-7-5-6-8-18(15)20/h5-8,10,12,16-17,19H,9,11,13-14H2,1-4H3/t16-,17+,19+/m1/s1. The third kappa shape index (κ3) is 2.22. The Kier molecular flexibility index (Phi) is 3.53. The topological polar surface area (TPSA) is 0 Å². The first kappa shape index (κ1) is 15.2. The molecule has 0 saturated heterocycles. The highest BCUT2D eigenvalue weighted by molar-refractivity contribution is 6.84. The van der Waals surface area contributed by atoms with Crippen molar-refractivity contribution in [3.8, 4) is 0 Å². The summed E-state index contributed by atoms with van der Waals surface area (Å²) in [5.41, 5.74) is 2.32. The molecule has 3 atom stereocenters. The molecule has 0 spiro atoms. The van der Waals surface area contributed by atoms with Crippen LogP contribution in [0.25, 0.3) is 0 Å². The first-order chi connectivity index (χ1) is 10.4. The smallest absolute Gasteiger partial charge is 0.0558 e. The van der Waals surface area contributed by atoms with E-state index in [9.17, 15) is 0 Å². The van der Waals surface area contributed by atoms with E-state index >= 15 is 0 Å². The van der Waals surface area contributed by atoms with Crippen molar-refractivity contribution in [2.75, 3.05) is 0 Å². The zero-order valence-corrected chi connectivity index (χ0v) is 15.5. The minimum absolute atomic E-state index is 0.626. The quantitative estimate of drug-likeness (QED) is 0.597. The van der Waals surface area contributed by atoms with Crippen LogP contribution < -0.4 is 0 Å². The van der Waals surface area contributed by atoms with E-state index in [0.717, 1.165) is 17.8 Å². The lowest BCUT2D eigenvalue weighted by Crippen LogP contribution is -2.54. The van der Waals surface area contributed by atoms with Gasteiger partial charge in [-0.15, -0.1) is 0 Å². The van der Waals surface area contributed by atoms with Crippen LogP contribution in [0.5, 0.6) is 0 Å². The Hall–Kier alpha value is -0.303.